The number of rotatable bonds is 6. The van der Waals surface area contributed by atoms with Crippen LogP contribution in [-0.2, 0) is 4.79 Å². The molecule has 1 atom stereocenters. The van der Waals surface area contributed by atoms with Crippen molar-refractivity contribution in [1.82, 2.24) is 15.2 Å². The van der Waals surface area contributed by atoms with E-state index in [1.165, 1.54) is 11.8 Å². The van der Waals surface area contributed by atoms with Crippen LogP contribution in [0.25, 0.3) is 11.4 Å². The van der Waals surface area contributed by atoms with E-state index < -0.39 is 5.25 Å². The Bertz CT molecular complexity index is 1190. The van der Waals surface area contributed by atoms with E-state index in [0.29, 0.717) is 16.0 Å². The second-order valence-electron chi connectivity index (χ2n) is 7.19. The Morgan fingerprint density at radius 3 is 2.52 bits per heavy atom. The third-order valence-electron chi connectivity index (χ3n) is 4.80. The number of H-pyrrole nitrogens is 1. The Kier molecular flexibility index (Phi) is 6.39. The van der Waals surface area contributed by atoms with E-state index in [9.17, 15) is 4.79 Å². The molecular formula is C24H21ClN4OS. The highest BCUT2D eigenvalue weighted by atomic mass is 35.5. The van der Waals surface area contributed by atoms with Crippen LogP contribution >= 0.6 is 23.4 Å². The summed E-state index contributed by atoms with van der Waals surface area (Å²) in [4.78, 5) is 17.9. The van der Waals surface area contributed by atoms with Gasteiger partial charge in [-0.15, -0.1) is 5.10 Å². The van der Waals surface area contributed by atoms with Crippen LogP contribution in [0.15, 0.2) is 78.0 Å². The molecule has 0 fully saturated rings. The van der Waals surface area contributed by atoms with Crippen molar-refractivity contribution in [3.8, 4) is 11.4 Å². The average molecular weight is 449 g/mol. The second kappa shape index (κ2) is 9.37. The first-order valence-electron chi connectivity index (χ1n) is 9.77. The van der Waals surface area contributed by atoms with Gasteiger partial charge in [-0.05, 0) is 60.9 Å². The molecule has 1 amide bonds. The number of nitrogens with zero attached hydrogens (tertiary/aromatic N) is 2. The SMILES string of the molecule is Cc1ccc(C)c(NC(=O)C(Sc2n[nH]c(-c3ccc(Cl)cc3)n2)c2ccccc2)c1. The number of hydrogen-bond donors (Lipinski definition) is 2. The zero-order valence-corrected chi connectivity index (χ0v) is 18.7. The van der Waals surface area contributed by atoms with Crippen LogP contribution in [0.1, 0.15) is 21.9 Å². The van der Waals surface area contributed by atoms with Crippen molar-refractivity contribution in [2.75, 3.05) is 5.32 Å². The first kappa shape index (κ1) is 21.2. The number of halogens is 1. The van der Waals surface area contributed by atoms with Crippen LogP contribution < -0.4 is 5.32 Å². The molecule has 7 heteroatoms. The molecule has 156 valence electrons. The van der Waals surface area contributed by atoms with E-state index in [-0.39, 0.29) is 5.91 Å². The third kappa shape index (κ3) is 5.16. The molecule has 5 nitrogen and oxygen atoms in total. The normalized spacial score (nSPS) is 11.8. The van der Waals surface area contributed by atoms with Gasteiger partial charge in [0.2, 0.25) is 11.1 Å². The van der Waals surface area contributed by atoms with Gasteiger partial charge >= 0.3 is 0 Å². The van der Waals surface area contributed by atoms with Crippen molar-refractivity contribution in [2.45, 2.75) is 24.3 Å². The fourth-order valence-electron chi connectivity index (χ4n) is 3.11. The molecule has 1 unspecified atom stereocenters. The van der Waals surface area contributed by atoms with E-state index >= 15 is 0 Å². The smallest absolute Gasteiger partial charge is 0.242 e. The number of hydrogen-bond acceptors (Lipinski definition) is 4. The molecular weight excluding hydrogens is 428 g/mol. The van der Waals surface area contributed by atoms with E-state index in [2.05, 4.69) is 20.5 Å². The summed E-state index contributed by atoms with van der Waals surface area (Å²) < 4.78 is 0. The summed E-state index contributed by atoms with van der Waals surface area (Å²) in [5.41, 5.74) is 4.67. The summed E-state index contributed by atoms with van der Waals surface area (Å²) >= 11 is 7.27. The Morgan fingerprint density at radius 1 is 1.03 bits per heavy atom. The molecule has 0 radical (unpaired) electrons. The van der Waals surface area contributed by atoms with Gasteiger partial charge in [-0.1, -0.05) is 65.8 Å². The molecule has 31 heavy (non-hydrogen) atoms. The van der Waals surface area contributed by atoms with Crippen molar-refractivity contribution in [2.24, 2.45) is 0 Å². The topological polar surface area (TPSA) is 70.7 Å². The minimum absolute atomic E-state index is 0.122. The zero-order valence-electron chi connectivity index (χ0n) is 17.1. The number of nitrogens with one attached hydrogen (secondary N) is 2. The first-order chi connectivity index (χ1) is 15.0. The highest BCUT2D eigenvalue weighted by molar-refractivity contribution is 8.00. The first-order valence-corrected chi connectivity index (χ1v) is 11.0. The lowest BCUT2D eigenvalue weighted by molar-refractivity contribution is -0.115. The number of benzene rings is 3. The second-order valence-corrected chi connectivity index (χ2v) is 8.70. The lowest BCUT2D eigenvalue weighted by atomic mass is 10.1. The van der Waals surface area contributed by atoms with Gasteiger partial charge in [0.1, 0.15) is 5.25 Å². The van der Waals surface area contributed by atoms with Gasteiger partial charge < -0.3 is 5.32 Å². The summed E-state index contributed by atoms with van der Waals surface area (Å²) in [5.74, 6) is 0.503. The number of aromatic amines is 1. The molecule has 1 heterocycles. The van der Waals surface area contributed by atoms with Crippen LogP contribution in [0.2, 0.25) is 5.02 Å². The zero-order chi connectivity index (χ0) is 21.8. The van der Waals surface area contributed by atoms with E-state index in [1.807, 2.05) is 74.5 Å². The van der Waals surface area contributed by atoms with Crippen molar-refractivity contribution in [3.63, 3.8) is 0 Å². The van der Waals surface area contributed by atoms with Gasteiger partial charge in [0.25, 0.3) is 0 Å². The van der Waals surface area contributed by atoms with Crippen LogP contribution in [0.5, 0.6) is 0 Å². The molecule has 1 aromatic heterocycles. The summed E-state index contributed by atoms with van der Waals surface area (Å²) in [7, 11) is 0. The maximum atomic E-state index is 13.3. The molecule has 0 saturated carbocycles. The lowest BCUT2D eigenvalue weighted by Crippen LogP contribution is -2.19. The quantitative estimate of drug-likeness (QED) is 0.344. The minimum Gasteiger partial charge on any atom is -0.325 e. The molecule has 0 aliphatic carbocycles. The Morgan fingerprint density at radius 2 is 1.77 bits per heavy atom. The van der Waals surface area contributed by atoms with E-state index in [4.69, 9.17) is 11.6 Å². The number of aromatic nitrogens is 3. The number of carbonyl (C=O) groups is 1. The molecule has 4 rings (SSSR count). The highest BCUT2D eigenvalue weighted by Crippen LogP contribution is 2.35. The van der Waals surface area contributed by atoms with E-state index in [0.717, 1.165) is 27.9 Å². The summed E-state index contributed by atoms with van der Waals surface area (Å²) in [6.07, 6.45) is 0. The molecule has 0 spiro atoms. The Hall–Kier alpha value is -3.09. The standard InChI is InChI=1S/C24H21ClN4OS/c1-15-8-9-16(2)20(14-15)26-23(30)21(17-6-4-3-5-7-17)31-24-27-22(28-29-24)18-10-12-19(25)13-11-18/h3-14,21H,1-2H3,(H,26,30)(H,27,28,29). The fourth-order valence-corrected chi connectivity index (χ4v) is 4.15. The van der Waals surface area contributed by atoms with E-state index in [1.54, 1.807) is 12.1 Å². The van der Waals surface area contributed by atoms with Gasteiger partial charge in [-0.25, -0.2) is 4.98 Å². The van der Waals surface area contributed by atoms with Gasteiger partial charge in [0.15, 0.2) is 5.82 Å². The van der Waals surface area contributed by atoms with Crippen molar-refractivity contribution in [3.05, 3.63) is 94.5 Å². The Labute approximate surface area is 190 Å². The van der Waals surface area contributed by atoms with Gasteiger partial charge in [0, 0.05) is 16.3 Å². The molecule has 0 aliphatic heterocycles. The molecule has 3 aromatic carbocycles. The Balaban J connectivity index is 1.60. The minimum atomic E-state index is -0.505. The maximum Gasteiger partial charge on any atom is 0.242 e. The van der Waals surface area contributed by atoms with Crippen molar-refractivity contribution in [1.29, 1.82) is 0 Å². The fraction of sp³-hybridized carbons (Fsp3) is 0.125. The number of amides is 1. The van der Waals surface area contributed by atoms with Crippen molar-refractivity contribution >= 4 is 35.0 Å². The summed E-state index contributed by atoms with van der Waals surface area (Å²) in [6.45, 7) is 3.98. The molecule has 0 bridgehead atoms. The van der Waals surface area contributed by atoms with Gasteiger partial charge in [-0.3, -0.25) is 9.89 Å². The lowest BCUT2D eigenvalue weighted by Gasteiger charge is -2.17. The molecule has 0 saturated heterocycles. The molecule has 4 aromatic rings. The summed E-state index contributed by atoms with van der Waals surface area (Å²) in [5, 5.41) is 11.0. The predicted octanol–water partition coefficient (Wildman–Crippen LogP) is 6.21. The van der Waals surface area contributed by atoms with Gasteiger partial charge in [0.05, 0.1) is 0 Å². The van der Waals surface area contributed by atoms with Crippen LogP contribution in [0.3, 0.4) is 0 Å². The number of aryl methyl sites for hydroxylation is 2. The van der Waals surface area contributed by atoms with Crippen LogP contribution in [-0.4, -0.2) is 21.1 Å². The third-order valence-corrected chi connectivity index (χ3v) is 6.16. The van der Waals surface area contributed by atoms with Crippen molar-refractivity contribution < 1.29 is 4.79 Å². The molecule has 0 aliphatic rings. The average Bonchev–Trinajstić information content (AvgIpc) is 3.24. The highest BCUT2D eigenvalue weighted by Gasteiger charge is 2.24. The predicted molar refractivity (Wildman–Crippen MR) is 126 cm³/mol. The number of anilines is 1. The number of thioether (sulfide) groups is 1. The van der Waals surface area contributed by atoms with Gasteiger partial charge in [-0.2, -0.15) is 0 Å². The van der Waals surface area contributed by atoms with Crippen LogP contribution in [0, 0.1) is 13.8 Å². The van der Waals surface area contributed by atoms with Crippen LogP contribution in [0.4, 0.5) is 5.69 Å². The molecule has 2 N–H and O–H groups in total. The maximum absolute atomic E-state index is 13.3. The number of carbonyl (C=O) groups excluding carboxylic acids is 1. The largest absolute Gasteiger partial charge is 0.325 e. The monoisotopic (exact) mass is 448 g/mol. The summed E-state index contributed by atoms with van der Waals surface area (Å²) in [6, 6.07) is 23.0.